The van der Waals surface area contributed by atoms with Gasteiger partial charge in [-0.1, -0.05) is 12.7 Å². The summed E-state index contributed by atoms with van der Waals surface area (Å²) in [4.78, 5) is 23.9. The molecule has 5 nitrogen and oxygen atoms in total. The van der Waals surface area contributed by atoms with Crippen LogP contribution in [0.3, 0.4) is 0 Å². The molecule has 0 aliphatic rings. The van der Waals surface area contributed by atoms with Gasteiger partial charge in [0.25, 0.3) is 0 Å². The van der Waals surface area contributed by atoms with E-state index in [1.807, 2.05) is 19.0 Å². The Morgan fingerprint density at radius 1 is 1.39 bits per heavy atom. The van der Waals surface area contributed by atoms with Gasteiger partial charge in [-0.15, -0.1) is 0 Å². The van der Waals surface area contributed by atoms with Gasteiger partial charge in [-0.2, -0.15) is 0 Å². The molecule has 0 aromatic rings. The summed E-state index contributed by atoms with van der Waals surface area (Å²) in [6.07, 6.45) is 2.48. The first-order chi connectivity index (χ1) is 8.34. The largest absolute Gasteiger partial charge is 0.478 e. The van der Waals surface area contributed by atoms with Crippen molar-refractivity contribution in [1.82, 2.24) is 4.90 Å². The summed E-state index contributed by atoms with van der Waals surface area (Å²) in [5, 5.41) is 8.61. The summed E-state index contributed by atoms with van der Waals surface area (Å²) in [6.45, 7) is 6.07. The molecular weight excluding hydrogens is 234 g/mol. The van der Waals surface area contributed by atoms with Crippen LogP contribution in [0.1, 0.15) is 19.8 Å². The molecule has 1 N–H and O–H groups in total. The standard InChI is InChI=1S/C13H21NO4/c1-10(12(15)16)6-5-9-18-13(17)11(2)7-8-14(3)4/h6H,2,5,7-9H2,1,3-4H3,(H,15,16). The van der Waals surface area contributed by atoms with E-state index in [1.54, 1.807) is 0 Å². The van der Waals surface area contributed by atoms with Crippen LogP contribution in [0.2, 0.25) is 0 Å². The molecule has 0 saturated heterocycles. The highest BCUT2D eigenvalue weighted by molar-refractivity contribution is 5.87. The highest BCUT2D eigenvalue weighted by Crippen LogP contribution is 2.03. The van der Waals surface area contributed by atoms with E-state index < -0.39 is 11.9 Å². The van der Waals surface area contributed by atoms with Gasteiger partial charge in [0.15, 0.2) is 0 Å². The van der Waals surface area contributed by atoms with Crippen LogP contribution in [-0.4, -0.2) is 49.2 Å². The van der Waals surface area contributed by atoms with Gasteiger partial charge >= 0.3 is 11.9 Å². The fourth-order valence-corrected chi connectivity index (χ4v) is 1.08. The number of hydrogen-bond acceptors (Lipinski definition) is 4. The van der Waals surface area contributed by atoms with Crippen LogP contribution in [-0.2, 0) is 14.3 Å². The van der Waals surface area contributed by atoms with Gasteiger partial charge in [0.05, 0.1) is 6.61 Å². The summed E-state index contributed by atoms with van der Waals surface area (Å²) in [5.41, 5.74) is 0.681. The molecular formula is C13H21NO4. The second-order valence-corrected chi connectivity index (χ2v) is 4.27. The molecule has 0 aliphatic carbocycles. The first kappa shape index (κ1) is 16.4. The number of carbonyl (C=O) groups is 2. The van der Waals surface area contributed by atoms with Gasteiger partial charge in [0.1, 0.15) is 0 Å². The number of rotatable bonds is 8. The SMILES string of the molecule is C=C(CCN(C)C)C(=O)OCCC=C(C)C(=O)O. The molecule has 0 unspecified atom stereocenters. The first-order valence-electron chi connectivity index (χ1n) is 5.74. The average Bonchev–Trinajstić information content (AvgIpc) is 2.30. The van der Waals surface area contributed by atoms with Crippen molar-refractivity contribution >= 4 is 11.9 Å². The zero-order valence-corrected chi connectivity index (χ0v) is 11.2. The molecule has 5 heteroatoms. The molecule has 0 aromatic heterocycles. The van der Waals surface area contributed by atoms with Crippen molar-refractivity contribution in [3.63, 3.8) is 0 Å². The Morgan fingerprint density at radius 3 is 2.50 bits per heavy atom. The number of esters is 1. The molecule has 0 aromatic carbocycles. The van der Waals surface area contributed by atoms with E-state index in [9.17, 15) is 9.59 Å². The van der Waals surface area contributed by atoms with Gasteiger partial charge in [-0.3, -0.25) is 0 Å². The average molecular weight is 255 g/mol. The third kappa shape index (κ3) is 7.62. The van der Waals surface area contributed by atoms with E-state index >= 15 is 0 Å². The normalized spacial score (nSPS) is 11.4. The van der Waals surface area contributed by atoms with Crippen LogP contribution in [0.4, 0.5) is 0 Å². The second-order valence-electron chi connectivity index (χ2n) is 4.27. The van der Waals surface area contributed by atoms with Gasteiger partial charge in [-0.05, 0) is 27.4 Å². The maximum absolute atomic E-state index is 11.5. The number of aliphatic carboxylic acids is 1. The molecule has 0 radical (unpaired) electrons. The van der Waals surface area contributed by atoms with Gasteiger partial charge in [0, 0.05) is 24.1 Å². The molecule has 0 spiro atoms. The van der Waals surface area contributed by atoms with E-state index in [4.69, 9.17) is 9.84 Å². The number of carboxylic acids is 1. The number of carbonyl (C=O) groups excluding carboxylic acids is 1. The Kier molecular flexibility index (Phi) is 7.71. The maximum atomic E-state index is 11.5. The van der Waals surface area contributed by atoms with Gasteiger partial charge < -0.3 is 14.7 Å². The minimum atomic E-state index is -0.961. The summed E-state index contributed by atoms with van der Waals surface area (Å²) in [7, 11) is 3.83. The summed E-state index contributed by atoms with van der Waals surface area (Å²) >= 11 is 0. The number of ether oxygens (including phenoxy) is 1. The van der Waals surface area contributed by atoms with E-state index in [0.717, 1.165) is 6.54 Å². The quantitative estimate of drug-likeness (QED) is 0.404. The molecule has 0 saturated carbocycles. The molecule has 102 valence electrons. The van der Waals surface area contributed by atoms with E-state index in [-0.39, 0.29) is 12.2 Å². The van der Waals surface area contributed by atoms with Crippen molar-refractivity contribution in [3.05, 3.63) is 23.8 Å². The van der Waals surface area contributed by atoms with Crippen LogP contribution in [0, 0.1) is 0 Å². The molecule has 18 heavy (non-hydrogen) atoms. The van der Waals surface area contributed by atoms with Crippen molar-refractivity contribution in [1.29, 1.82) is 0 Å². The number of nitrogens with zero attached hydrogens (tertiary/aromatic N) is 1. The van der Waals surface area contributed by atoms with E-state index in [2.05, 4.69) is 6.58 Å². The van der Waals surface area contributed by atoms with Crippen LogP contribution < -0.4 is 0 Å². The lowest BCUT2D eigenvalue weighted by Crippen LogP contribution is -2.17. The highest BCUT2D eigenvalue weighted by Gasteiger charge is 2.08. The van der Waals surface area contributed by atoms with Crippen molar-refractivity contribution in [3.8, 4) is 0 Å². The molecule has 0 rings (SSSR count). The summed E-state index contributed by atoms with van der Waals surface area (Å²) in [6, 6.07) is 0. The van der Waals surface area contributed by atoms with E-state index in [1.165, 1.54) is 13.0 Å². The number of hydrogen-bond donors (Lipinski definition) is 1. The second kappa shape index (κ2) is 8.47. The van der Waals surface area contributed by atoms with Crippen molar-refractivity contribution in [2.45, 2.75) is 19.8 Å². The highest BCUT2D eigenvalue weighted by atomic mass is 16.5. The Morgan fingerprint density at radius 2 is 2.00 bits per heavy atom. The zero-order valence-electron chi connectivity index (χ0n) is 11.2. The lowest BCUT2D eigenvalue weighted by molar-refractivity contribution is -0.139. The van der Waals surface area contributed by atoms with Crippen LogP contribution >= 0.6 is 0 Å². The summed E-state index contributed by atoms with van der Waals surface area (Å²) < 4.78 is 4.97. The van der Waals surface area contributed by atoms with Gasteiger partial charge in [0.2, 0.25) is 0 Å². The van der Waals surface area contributed by atoms with Crippen LogP contribution in [0.5, 0.6) is 0 Å². The topological polar surface area (TPSA) is 66.8 Å². The predicted molar refractivity (Wildman–Crippen MR) is 69.3 cm³/mol. The van der Waals surface area contributed by atoms with Gasteiger partial charge in [-0.25, -0.2) is 9.59 Å². The maximum Gasteiger partial charge on any atom is 0.333 e. The lowest BCUT2D eigenvalue weighted by Gasteiger charge is -2.10. The third-order valence-corrected chi connectivity index (χ3v) is 2.29. The third-order valence-electron chi connectivity index (χ3n) is 2.29. The van der Waals surface area contributed by atoms with Crippen molar-refractivity contribution in [2.24, 2.45) is 0 Å². The zero-order chi connectivity index (χ0) is 14.1. The Balaban J connectivity index is 3.87. The van der Waals surface area contributed by atoms with Crippen molar-refractivity contribution < 1.29 is 19.4 Å². The van der Waals surface area contributed by atoms with Crippen molar-refractivity contribution in [2.75, 3.05) is 27.2 Å². The molecule has 0 fully saturated rings. The summed E-state index contributed by atoms with van der Waals surface area (Å²) in [5.74, 6) is -1.38. The lowest BCUT2D eigenvalue weighted by atomic mass is 10.2. The minimum Gasteiger partial charge on any atom is -0.478 e. The predicted octanol–water partition coefficient (Wildman–Crippen LogP) is 1.46. The molecule has 0 amide bonds. The minimum absolute atomic E-state index is 0.171. The van der Waals surface area contributed by atoms with E-state index in [0.29, 0.717) is 18.4 Å². The fourth-order valence-electron chi connectivity index (χ4n) is 1.08. The fraction of sp³-hybridized carbons (Fsp3) is 0.538. The monoisotopic (exact) mass is 255 g/mol. The molecule has 0 heterocycles. The smallest absolute Gasteiger partial charge is 0.333 e. The Labute approximate surface area is 108 Å². The molecule has 0 aliphatic heterocycles. The van der Waals surface area contributed by atoms with Crippen LogP contribution in [0.15, 0.2) is 23.8 Å². The Hall–Kier alpha value is -1.62. The molecule has 0 bridgehead atoms. The first-order valence-corrected chi connectivity index (χ1v) is 5.74. The van der Waals surface area contributed by atoms with Crippen LogP contribution in [0.25, 0.3) is 0 Å². The number of carboxylic acid groups (broad SMARTS) is 1. The Bertz CT molecular complexity index is 345. The molecule has 0 atom stereocenters.